The third-order valence-electron chi connectivity index (χ3n) is 5.15. The minimum Gasteiger partial charge on any atom is -0.337 e. The molecule has 0 bridgehead atoms. The number of benzene rings is 1. The lowest BCUT2D eigenvalue weighted by Crippen LogP contribution is -2.45. The lowest BCUT2D eigenvalue weighted by Gasteiger charge is -2.34. The topological polar surface area (TPSA) is 63.9 Å². The fourth-order valence-electron chi connectivity index (χ4n) is 3.23. The molecule has 0 aliphatic rings. The highest BCUT2D eigenvalue weighted by Crippen LogP contribution is 2.27. The van der Waals surface area contributed by atoms with Crippen LogP contribution >= 0.6 is 11.8 Å². The van der Waals surface area contributed by atoms with E-state index in [1.807, 2.05) is 4.90 Å². The second-order valence-corrected chi connectivity index (χ2v) is 8.02. The molecule has 1 amide bonds. The Bertz CT molecular complexity index is 965. The maximum atomic E-state index is 13.2. The summed E-state index contributed by atoms with van der Waals surface area (Å²) in [5.41, 5.74) is 1.34. The lowest BCUT2D eigenvalue weighted by atomic mass is 10.1. The molecule has 1 aromatic carbocycles. The van der Waals surface area contributed by atoms with Gasteiger partial charge in [-0.15, -0.1) is 0 Å². The molecule has 8 heteroatoms. The van der Waals surface area contributed by atoms with Crippen molar-refractivity contribution < 1.29 is 9.18 Å². The van der Waals surface area contributed by atoms with Gasteiger partial charge in [-0.1, -0.05) is 25.6 Å². The molecular formula is C21H26FN5OS. The first-order valence-electron chi connectivity index (χ1n) is 9.84. The van der Waals surface area contributed by atoms with Gasteiger partial charge in [0, 0.05) is 12.1 Å². The average molecular weight is 416 g/mol. The van der Waals surface area contributed by atoms with E-state index >= 15 is 0 Å². The van der Waals surface area contributed by atoms with Crippen LogP contribution in [-0.2, 0) is 4.79 Å². The number of hydrogen-bond acceptors (Lipinski definition) is 5. The number of fused-ring (bicyclic) bond motifs is 1. The Morgan fingerprint density at radius 3 is 2.41 bits per heavy atom. The molecule has 0 saturated heterocycles. The Kier molecular flexibility index (Phi) is 6.84. The maximum absolute atomic E-state index is 13.2. The van der Waals surface area contributed by atoms with Crippen LogP contribution in [0.4, 0.5) is 4.39 Å². The van der Waals surface area contributed by atoms with Crippen molar-refractivity contribution in [3.05, 3.63) is 42.6 Å². The zero-order valence-corrected chi connectivity index (χ0v) is 18.0. The summed E-state index contributed by atoms with van der Waals surface area (Å²) in [6, 6.07) is 6.47. The summed E-state index contributed by atoms with van der Waals surface area (Å²) in [6.07, 6.45) is 5.00. The SMILES string of the molecule is CC[C@H](C)N(C(=O)CSc1ncnc2c1cnn2-c1ccc(F)cc1)[C@@H](C)CC. The number of carbonyl (C=O) groups is 1. The fourth-order valence-corrected chi connectivity index (χ4v) is 4.06. The second-order valence-electron chi connectivity index (χ2n) is 7.05. The lowest BCUT2D eigenvalue weighted by molar-refractivity contribution is -0.132. The van der Waals surface area contributed by atoms with Crippen LogP contribution in [0.1, 0.15) is 40.5 Å². The molecular weight excluding hydrogens is 389 g/mol. The van der Waals surface area contributed by atoms with Crippen LogP contribution in [0.5, 0.6) is 0 Å². The van der Waals surface area contributed by atoms with Crippen molar-refractivity contribution in [2.24, 2.45) is 0 Å². The number of halogens is 1. The Balaban J connectivity index is 1.82. The van der Waals surface area contributed by atoms with Crippen molar-refractivity contribution in [1.29, 1.82) is 0 Å². The number of nitrogens with zero attached hydrogens (tertiary/aromatic N) is 5. The third-order valence-corrected chi connectivity index (χ3v) is 6.14. The number of aromatic nitrogens is 4. The zero-order chi connectivity index (χ0) is 21.0. The van der Waals surface area contributed by atoms with Gasteiger partial charge < -0.3 is 4.90 Å². The molecule has 6 nitrogen and oxygen atoms in total. The number of carbonyl (C=O) groups excluding carboxylic acids is 1. The van der Waals surface area contributed by atoms with E-state index in [0.29, 0.717) is 22.1 Å². The third kappa shape index (κ3) is 4.58. The number of thioether (sulfide) groups is 1. The standard InChI is InChI=1S/C21H26FN5OS/c1-5-14(3)26(15(4)6-2)19(28)12-29-21-18-11-25-27(20(18)23-13-24-21)17-9-7-16(22)8-10-17/h7-11,13-15H,5-6,12H2,1-4H3/t14-,15-/m0/s1. The van der Waals surface area contributed by atoms with E-state index < -0.39 is 0 Å². The number of amides is 1. The smallest absolute Gasteiger partial charge is 0.233 e. The molecule has 0 saturated carbocycles. The van der Waals surface area contributed by atoms with Gasteiger partial charge in [0.1, 0.15) is 17.2 Å². The van der Waals surface area contributed by atoms with Crippen LogP contribution in [-0.4, -0.2) is 48.4 Å². The van der Waals surface area contributed by atoms with Crippen molar-refractivity contribution in [2.45, 2.75) is 57.6 Å². The van der Waals surface area contributed by atoms with Crippen LogP contribution in [0.2, 0.25) is 0 Å². The largest absolute Gasteiger partial charge is 0.337 e. The molecule has 29 heavy (non-hydrogen) atoms. The van der Waals surface area contributed by atoms with Crippen molar-refractivity contribution in [3.8, 4) is 5.69 Å². The molecule has 0 radical (unpaired) electrons. The predicted octanol–water partition coefficient (Wildman–Crippen LogP) is 4.47. The van der Waals surface area contributed by atoms with Gasteiger partial charge in [-0.25, -0.2) is 19.0 Å². The monoisotopic (exact) mass is 415 g/mol. The van der Waals surface area contributed by atoms with Crippen LogP contribution in [0, 0.1) is 5.82 Å². The summed E-state index contributed by atoms with van der Waals surface area (Å²) in [5.74, 6) is 0.112. The molecule has 3 rings (SSSR count). The van der Waals surface area contributed by atoms with Crippen molar-refractivity contribution >= 4 is 28.7 Å². The summed E-state index contributed by atoms with van der Waals surface area (Å²) in [7, 11) is 0. The minimum atomic E-state index is -0.304. The fraction of sp³-hybridized carbons (Fsp3) is 0.429. The molecule has 0 N–H and O–H groups in total. The first kappa shape index (κ1) is 21.2. The molecule has 2 heterocycles. The van der Waals surface area contributed by atoms with Crippen LogP contribution in [0.15, 0.2) is 41.8 Å². The van der Waals surface area contributed by atoms with Gasteiger partial charge in [-0.05, 0) is 51.0 Å². The van der Waals surface area contributed by atoms with Crippen molar-refractivity contribution in [3.63, 3.8) is 0 Å². The Labute approximate surface area is 174 Å². The van der Waals surface area contributed by atoms with Crippen molar-refractivity contribution in [2.75, 3.05) is 5.75 Å². The van der Waals surface area contributed by atoms with Gasteiger partial charge in [0.05, 0.1) is 23.0 Å². The van der Waals surface area contributed by atoms with E-state index in [2.05, 4.69) is 42.8 Å². The number of hydrogen-bond donors (Lipinski definition) is 0. The predicted molar refractivity (Wildman–Crippen MR) is 114 cm³/mol. The average Bonchev–Trinajstić information content (AvgIpc) is 3.17. The highest BCUT2D eigenvalue weighted by atomic mass is 32.2. The van der Waals surface area contributed by atoms with Crippen LogP contribution in [0.25, 0.3) is 16.7 Å². The van der Waals surface area contributed by atoms with Crippen LogP contribution in [0.3, 0.4) is 0 Å². The Morgan fingerprint density at radius 1 is 1.14 bits per heavy atom. The van der Waals surface area contributed by atoms with Crippen LogP contribution < -0.4 is 0 Å². The number of rotatable bonds is 8. The van der Waals surface area contributed by atoms with Gasteiger partial charge in [0.15, 0.2) is 5.65 Å². The first-order chi connectivity index (χ1) is 14.0. The van der Waals surface area contributed by atoms with E-state index in [4.69, 9.17) is 0 Å². The normalized spacial score (nSPS) is 13.4. The summed E-state index contributed by atoms with van der Waals surface area (Å²) >= 11 is 1.40. The maximum Gasteiger partial charge on any atom is 0.233 e. The first-order valence-corrected chi connectivity index (χ1v) is 10.8. The van der Waals surface area contributed by atoms with E-state index in [-0.39, 0.29) is 23.8 Å². The highest BCUT2D eigenvalue weighted by molar-refractivity contribution is 8.00. The van der Waals surface area contributed by atoms with Gasteiger partial charge >= 0.3 is 0 Å². The molecule has 2 aromatic heterocycles. The molecule has 0 unspecified atom stereocenters. The Morgan fingerprint density at radius 2 is 1.79 bits per heavy atom. The highest BCUT2D eigenvalue weighted by Gasteiger charge is 2.24. The molecule has 0 spiro atoms. The van der Waals surface area contributed by atoms with E-state index in [9.17, 15) is 9.18 Å². The van der Waals surface area contributed by atoms with E-state index in [1.165, 1.54) is 30.2 Å². The zero-order valence-electron chi connectivity index (χ0n) is 17.2. The van der Waals surface area contributed by atoms with E-state index in [1.54, 1.807) is 23.0 Å². The minimum absolute atomic E-state index is 0.108. The van der Waals surface area contributed by atoms with Gasteiger partial charge in [-0.2, -0.15) is 5.10 Å². The molecule has 3 aromatic rings. The molecule has 0 aliphatic heterocycles. The van der Waals surface area contributed by atoms with Gasteiger partial charge in [0.25, 0.3) is 0 Å². The summed E-state index contributed by atoms with van der Waals surface area (Å²) < 4.78 is 14.9. The van der Waals surface area contributed by atoms with Crippen molar-refractivity contribution in [1.82, 2.24) is 24.6 Å². The quantitative estimate of drug-likeness (QED) is 0.401. The summed E-state index contributed by atoms with van der Waals surface area (Å²) in [4.78, 5) is 23.6. The summed E-state index contributed by atoms with van der Waals surface area (Å²) in [5, 5.41) is 5.87. The molecule has 154 valence electrons. The second kappa shape index (κ2) is 9.35. The van der Waals surface area contributed by atoms with E-state index in [0.717, 1.165) is 18.2 Å². The molecule has 0 aliphatic carbocycles. The molecule has 0 fully saturated rings. The molecule has 2 atom stereocenters. The van der Waals surface area contributed by atoms with Gasteiger partial charge in [0.2, 0.25) is 5.91 Å². The van der Waals surface area contributed by atoms with Gasteiger partial charge in [-0.3, -0.25) is 4.79 Å². The summed E-state index contributed by atoms with van der Waals surface area (Å²) in [6.45, 7) is 8.37. The Hall–Kier alpha value is -2.48.